The van der Waals surface area contributed by atoms with Crippen LogP contribution >= 0.6 is 11.8 Å². The van der Waals surface area contributed by atoms with Crippen molar-refractivity contribution in [1.82, 2.24) is 0 Å². The third kappa shape index (κ3) is 2.73. The predicted octanol–water partition coefficient (Wildman–Crippen LogP) is 1.68. The van der Waals surface area contributed by atoms with E-state index in [9.17, 15) is 4.79 Å². The van der Waals surface area contributed by atoms with Crippen LogP contribution in [-0.2, 0) is 4.79 Å². The number of aliphatic imine (C=N–C) groups is 1. The molecular formula is C12H13N2OSSe. The van der Waals surface area contributed by atoms with E-state index in [1.165, 1.54) is 0 Å². The number of hydrogen-bond acceptors (Lipinski definition) is 3. The van der Waals surface area contributed by atoms with Gasteiger partial charge in [-0.05, 0) is 0 Å². The van der Waals surface area contributed by atoms with Crippen LogP contribution in [0.5, 0.6) is 0 Å². The molecule has 1 aromatic rings. The fourth-order valence-electron chi connectivity index (χ4n) is 1.72. The van der Waals surface area contributed by atoms with Crippen LogP contribution < -0.4 is 4.90 Å². The second-order valence-corrected chi connectivity index (χ2v) is 5.47. The summed E-state index contributed by atoms with van der Waals surface area (Å²) >= 11 is 4.61. The molecule has 0 N–H and O–H groups in total. The Bertz CT molecular complexity index is 435. The molecule has 2 rings (SSSR count). The maximum absolute atomic E-state index is 12.2. The summed E-state index contributed by atoms with van der Waals surface area (Å²) in [6.07, 6.45) is 2.84. The molecule has 1 amide bonds. The van der Waals surface area contributed by atoms with E-state index in [0.717, 1.165) is 17.9 Å². The molecule has 0 aliphatic carbocycles. The van der Waals surface area contributed by atoms with Gasteiger partial charge in [0.15, 0.2) is 0 Å². The van der Waals surface area contributed by atoms with E-state index in [0.29, 0.717) is 4.73 Å². The molecule has 5 heteroatoms. The molecule has 0 spiro atoms. The van der Waals surface area contributed by atoms with Crippen molar-refractivity contribution in [1.29, 1.82) is 0 Å². The number of benzene rings is 1. The van der Waals surface area contributed by atoms with Gasteiger partial charge in [-0.25, -0.2) is 0 Å². The van der Waals surface area contributed by atoms with Gasteiger partial charge in [0.05, 0.1) is 0 Å². The molecule has 1 unspecified atom stereocenters. The Kier molecular flexibility index (Phi) is 4.26. The van der Waals surface area contributed by atoms with Gasteiger partial charge in [0.1, 0.15) is 0 Å². The number of para-hydroxylation sites is 1. The van der Waals surface area contributed by atoms with E-state index >= 15 is 0 Å². The Balaban J connectivity index is 2.16. The Morgan fingerprint density at radius 2 is 2.12 bits per heavy atom. The number of anilines is 1. The van der Waals surface area contributed by atoms with Crippen LogP contribution in [0.1, 0.15) is 6.42 Å². The maximum atomic E-state index is 12.2. The number of amides is 1. The van der Waals surface area contributed by atoms with Gasteiger partial charge in [-0.15, -0.1) is 0 Å². The van der Waals surface area contributed by atoms with Gasteiger partial charge in [-0.2, -0.15) is 0 Å². The molecule has 0 fully saturated rings. The summed E-state index contributed by atoms with van der Waals surface area (Å²) in [7, 11) is 0. The van der Waals surface area contributed by atoms with Crippen molar-refractivity contribution in [2.24, 2.45) is 4.99 Å². The minimum atomic E-state index is -0.223. The number of thioether (sulfide) groups is 1. The first-order chi connectivity index (χ1) is 8.24. The van der Waals surface area contributed by atoms with Gasteiger partial charge in [0.25, 0.3) is 0 Å². The zero-order chi connectivity index (χ0) is 12.3. The molecule has 0 saturated carbocycles. The molecule has 0 saturated heterocycles. The van der Waals surface area contributed by atoms with Crippen LogP contribution in [0.15, 0.2) is 35.3 Å². The van der Waals surface area contributed by atoms with Crippen molar-refractivity contribution in [3.8, 4) is 0 Å². The summed E-state index contributed by atoms with van der Waals surface area (Å²) in [5.74, 6) is 1.02. The number of hydrogen-bond donors (Lipinski definition) is 0. The van der Waals surface area contributed by atoms with Gasteiger partial charge in [-0.3, -0.25) is 0 Å². The first kappa shape index (κ1) is 12.7. The van der Waals surface area contributed by atoms with E-state index < -0.39 is 0 Å². The number of carbonyl (C=O) groups is 1. The Hall–Kier alpha value is -0.771. The van der Waals surface area contributed by atoms with Crippen molar-refractivity contribution in [3.63, 3.8) is 0 Å². The SMILES string of the molecule is CSCCC1N=C([Se])N(c2ccccc2)C1=O. The van der Waals surface area contributed by atoms with Crippen LogP contribution in [0.3, 0.4) is 0 Å². The Morgan fingerprint density at radius 3 is 2.76 bits per heavy atom. The van der Waals surface area contributed by atoms with Crippen molar-refractivity contribution in [2.45, 2.75) is 12.5 Å². The standard InChI is InChI=1S/C12H13N2OSSe/c1-16-8-7-10-11(15)14(12(17)13-10)9-5-3-2-4-6-9/h2-6,10H,7-8H2,1H3. The molecule has 1 aliphatic heterocycles. The fourth-order valence-corrected chi connectivity index (χ4v) is 2.86. The van der Waals surface area contributed by atoms with Crippen molar-refractivity contribution < 1.29 is 4.79 Å². The van der Waals surface area contributed by atoms with Crippen molar-refractivity contribution in [3.05, 3.63) is 30.3 Å². The van der Waals surface area contributed by atoms with Gasteiger partial charge in [0, 0.05) is 0 Å². The summed E-state index contributed by atoms with van der Waals surface area (Å²) in [6, 6.07) is 9.39. The van der Waals surface area contributed by atoms with E-state index in [-0.39, 0.29) is 11.9 Å². The molecule has 1 atom stereocenters. The predicted molar refractivity (Wildman–Crippen MR) is 73.9 cm³/mol. The molecule has 17 heavy (non-hydrogen) atoms. The Morgan fingerprint density at radius 1 is 1.41 bits per heavy atom. The second kappa shape index (κ2) is 5.71. The zero-order valence-corrected chi connectivity index (χ0v) is 12.0. The second-order valence-electron chi connectivity index (χ2n) is 3.72. The van der Waals surface area contributed by atoms with Crippen molar-refractivity contribution >= 4 is 44.1 Å². The van der Waals surface area contributed by atoms with Crippen LogP contribution in [-0.4, -0.2) is 44.7 Å². The summed E-state index contributed by atoms with van der Waals surface area (Å²) < 4.78 is 0.673. The topological polar surface area (TPSA) is 32.7 Å². The third-order valence-electron chi connectivity index (χ3n) is 2.57. The van der Waals surface area contributed by atoms with Crippen LogP contribution in [0.4, 0.5) is 5.69 Å². The molecule has 89 valence electrons. The molecular weight excluding hydrogens is 299 g/mol. The number of amidine groups is 1. The van der Waals surface area contributed by atoms with Gasteiger partial charge < -0.3 is 0 Å². The normalized spacial score (nSPS) is 19.6. The van der Waals surface area contributed by atoms with E-state index in [2.05, 4.69) is 21.0 Å². The molecule has 1 aromatic carbocycles. The molecule has 0 aromatic heterocycles. The van der Waals surface area contributed by atoms with E-state index in [1.54, 1.807) is 16.7 Å². The van der Waals surface area contributed by atoms with Crippen LogP contribution in [0, 0.1) is 0 Å². The van der Waals surface area contributed by atoms with Crippen LogP contribution in [0.25, 0.3) is 0 Å². The molecule has 1 radical (unpaired) electrons. The average molecular weight is 312 g/mol. The van der Waals surface area contributed by atoms with Crippen LogP contribution in [0.2, 0.25) is 0 Å². The molecule has 0 bridgehead atoms. The first-order valence-electron chi connectivity index (χ1n) is 5.37. The van der Waals surface area contributed by atoms with Gasteiger partial charge in [0.2, 0.25) is 0 Å². The number of rotatable bonds is 4. The summed E-state index contributed by atoms with van der Waals surface area (Å²) in [5.41, 5.74) is 0.877. The summed E-state index contributed by atoms with van der Waals surface area (Å²) in [5, 5.41) is 0. The van der Waals surface area contributed by atoms with Crippen molar-refractivity contribution in [2.75, 3.05) is 16.9 Å². The molecule has 1 heterocycles. The Labute approximate surface area is 113 Å². The summed E-state index contributed by atoms with van der Waals surface area (Å²) in [4.78, 5) is 18.3. The third-order valence-corrected chi connectivity index (χ3v) is 3.82. The minimum absolute atomic E-state index is 0.0685. The number of carbonyl (C=O) groups excluding carboxylic acids is 1. The summed E-state index contributed by atoms with van der Waals surface area (Å²) in [6.45, 7) is 0. The van der Waals surface area contributed by atoms with Gasteiger partial charge in [-0.1, -0.05) is 0 Å². The number of nitrogens with zero attached hydrogens (tertiary/aromatic N) is 2. The quantitative estimate of drug-likeness (QED) is 0.793. The van der Waals surface area contributed by atoms with E-state index in [4.69, 9.17) is 0 Å². The first-order valence-corrected chi connectivity index (χ1v) is 7.62. The average Bonchev–Trinajstić information content (AvgIpc) is 2.63. The monoisotopic (exact) mass is 313 g/mol. The molecule has 3 nitrogen and oxygen atoms in total. The zero-order valence-electron chi connectivity index (χ0n) is 9.50. The fraction of sp³-hybridized carbons (Fsp3) is 0.333. The van der Waals surface area contributed by atoms with Gasteiger partial charge >= 0.3 is 114 Å². The molecule has 1 aliphatic rings. The van der Waals surface area contributed by atoms with E-state index in [1.807, 2.05) is 36.6 Å².